The summed E-state index contributed by atoms with van der Waals surface area (Å²) in [5.41, 5.74) is -0.369. The molecule has 22 heavy (non-hydrogen) atoms. The van der Waals surface area contributed by atoms with E-state index in [0.717, 1.165) is 0 Å². The van der Waals surface area contributed by atoms with Gasteiger partial charge in [-0.15, -0.1) is 0 Å². The molecule has 0 atom stereocenters. The van der Waals surface area contributed by atoms with Gasteiger partial charge in [0.05, 0.1) is 19.5 Å². The minimum Gasteiger partial charge on any atom is -0.464 e. The van der Waals surface area contributed by atoms with Crippen LogP contribution in [0.5, 0.6) is 0 Å². The quantitative estimate of drug-likeness (QED) is 0.607. The summed E-state index contributed by atoms with van der Waals surface area (Å²) in [6.07, 6.45) is 3.07. The van der Waals surface area contributed by atoms with E-state index in [1.54, 1.807) is 20.8 Å². The van der Waals surface area contributed by atoms with Crippen LogP contribution in [-0.4, -0.2) is 47.8 Å². The van der Waals surface area contributed by atoms with Crippen LogP contribution in [0, 0.1) is 0 Å². The number of methoxy groups -OCH3 is 1. The molecule has 0 saturated carbocycles. The molecule has 0 radical (unpaired) electrons. The van der Waals surface area contributed by atoms with Gasteiger partial charge in [-0.2, -0.15) is 0 Å². The third-order valence-corrected chi connectivity index (χ3v) is 2.36. The number of anilines is 1. The van der Waals surface area contributed by atoms with Crippen molar-refractivity contribution >= 4 is 17.9 Å². The molecule has 2 N–H and O–H groups in total. The summed E-state index contributed by atoms with van der Waals surface area (Å²) < 4.78 is 9.68. The number of ether oxygens (including phenoxy) is 2. The van der Waals surface area contributed by atoms with Crippen LogP contribution >= 0.6 is 0 Å². The van der Waals surface area contributed by atoms with Crippen LogP contribution in [0.2, 0.25) is 0 Å². The van der Waals surface area contributed by atoms with E-state index in [0.29, 0.717) is 25.3 Å². The number of esters is 1. The first-order valence-electron chi connectivity index (χ1n) is 6.93. The van der Waals surface area contributed by atoms with Gasteiger partial charge in [-0.05, 0) is 27.2 Å². The lowest BCUT2D eigenvalue weighted by molar-refractivity contribution is 0.0526. The number of nitrogens with one attached hydrogen (secondary N) is 2. The molecule has 0 aliphatic rings. The van der Waals surface area contributed by atoms with Gasteiger partial charge >= 0.3 is 12.1 Å². The van der Waals surface area contributed by atoms with Gasteiger partial charge in [0.2, 0.25) is 0 Å². The van der Waals surface area contributed by atoms with Crippen molar-refractivity contribution in [3.63, 3.8) is 0 Å². The lowest BCUT2D eigenvalue weighted by Gasteiger charge is -2.19. The van der Waals surface area contributed by atoms with Crippen LogP contribution in [0.1, 0.15) is 37.7 Å². The third kappa shape index (κ3) is 6.87. The topological polar surface area (TPSA) is 102 Å². The molecule has 0 spiro atoms. The molecule has 1 aromatic heterocycles. The summed E-state index contributed by atoms with van der Waals surface area (Å²) >= 11 is 0. The maximum absolute atomic E-state index is 11.4. The lowest BCUT2D eigenvalue weighted by Crippen LogP contribution is -2.33. The second kappa shape index (κ2) is 8.16. The first-order chi connectivity index (χ1) is 10.3. The first kappa shape index (κ1) is 17.7. The number of carbonyl (C=O) groups is 2. The standard InChI is InChI=1S/C14H22N4O4/c1-14(2,3)22-13(20)17-7-5-6-16-11-9-15-8-10(18-11)12(19)21-4/h8-9H,5-7H2,1-4H3,(H,16,18)(H,17,20). The molecule has 8 heteroatoms. The van der Waals surface area contributed by atoms with Crippen molar-refractivity contribution in [1.82, 2.24) is 15.3 Å². The highest BCUT2D eigenvalue weighted by Crippen LogP contribution is 2.06. The van der Waals surface area contributed by atoms with Gasteiger partial charge in [-0.1, -0.05) is 0 Å². The Morgan fingerprint density at radius 3 is 2.59 bits per heavy atom. The molecule has 122 valence electrons. The minimum absolute atomic E-state index is 0.138. The molecule has 1 rings (SSSR count). The number of alkyl carbamates (subject to hydrolysis) is 1. The number of hydrogen-bond acceptors (Lipinski definition) is 7. The van der Waals surface area contributed by atoms with E-state index in [-0.39, 0.29) is 5.69 Å². The van der Waals surface area contributed by atoms with Gasteiger partial charge in [-0.3, -0.25) is 4.98 Å². The van der Waals surface area contributed by atoms with Crippen LogP contribution in [0.4, 0.5) is 10.6 Å². The van der Waals surface area contributed by atoms with Gasteiger partial charge in [0, 0.05) is 13.1 Å². The zero-order valence-electron chi connectivity index (χ0n) is 13.3. The van der Waals surface area contributed by atoms with E-state index in [1.165, 1.54) is 19.5 Å². The molecule has 1 heterocycles. The molecule has 0 bridgehead atoms. The Morgan fingerprint density at radius 1 is 1.23 bits per heavy atom. The molecule has 0 unspecified atom stereocenters. The van der Waals surface area contributed by atoms with Crippen molar-refractivity contribution in [2.75, 3.05) is 25.5 Å². The molecule has 0 aliphatic carbocycles. The fraction of sp³-hybridized carbons (Fsp3) is 0.571. The predicted molar refractivity (Wildman–Crippen MR) is 80.7 cm³/mol. The molecule has 0 aromatic carbocycles. The van der Waals surface area contributed by atoms with Gasteiger partial charge in [0.25, 0.3) is 0 Å². The van der Waals surface area contributed by atoms with E-state index in [9.17, 15) is 9.59 Å². The van der Waals surface area contributed by atoms with Crippen molar-refractivity contribution < 1.29 is 19.1 Å². The zero-order valence-corrected chi connectivity index (χ0v) is 13.3. The Bertz CT molecular complexity index is 514. The lowest BCUT2D eigenvalue weighted by atomic mass is 10.2. The summed E-state index contributed by atoms with van der Waals surface area (Å²) in [6.45, 7) is 6.45. The van der Waals surface area contributed by atoms with Gasteiger partial charge in [-0.25, -0.2) is 14.6 Å². The van der Waals surface area contributed by atoms with Gasteiger partial charge in [0.15, 0.2) is 5.69 Å². The smallest absolute Gasteiger partial charge is 0.407 e. The fourth-order valence-electron chi connectivity index (χ4n) is 1.46. The van der Waals surface area contributed by atoms with Gasteiger partial charge < -0.3 is 20.1 Å². The maximum Gasteiger partial charge on any atom is 0.407 e. The van der Waals surface area contributed by atoms with E-state index in [4.69, 9.17) is 4.74 Å². The fourth-order valence-corrected chi connectivity index (χ4v) is 1.46. The molecule has 8 nitrogen and oxygen atoms in total. The summed E-state index contributed by atoms with van der Waals surface area (Å²) in [6, 6.07) is 0. The molecule has 1 amide bonds. The third-order valence-electron chi connectivity index (χ3n) is 2.36. The monoisotopic (exact) mass is 310 g/mol. The van der Waals surface area contributed by atoms with Crippen LogP contribution < -0.4 is 10.6 Å². The molecule has 0 saturated heterocycles. The Morgan fingerprint density at radius 2 is 1.95 bits per heavy atom. The first-order valence-corrected chi connectivity index (χ1v) is 6.93. The number of rotatable bonds is 6. The summed E-state index contributed by atoms with van der Waals surface area (Å²) in [5.74, 6) is -0.0667. The normalized spacial score (nSPS) is 10.7. The highest BCUT2D eigenvalue weighted by molar-refractivity contribution is 5.87. The van der Waals surface area contributed by atoms with Crippen LogP contribution in [0.25, 0.3) is 0 Å². The highest BCUT2D eigenvalue weighted by atomic mass is 16.6. The Hall–Kier alpha value is -2.38. The van der Waals surface area contributed by atoms with Crippen LogP contribution in [-0.2, 0) is 9.47 Å². The molecule has 0 aliphatic heterocycles. The van der Waals surface area contributed by atoms with Crippen molar-refractivity contribution in [3.05, 3.63) is 18.1 Å². The largest absolute Gasteiger partial charge is 0.464 e. The number of aromatic nitrogens is 2. The van der Waals surface area contributed by atoms with E-state index >= 15 is 0 Å². The van der Waals surface area contributed by atoms with Crippen molar-refractivity contribution in [2.45, 2.75) is 32.8 Å². The van der Waals surface area contributed by atoms with Crippen molar-refractivity contribution in [2.24, 2.45) is 0 Å². The molecular formula is C14H22N4O4. The van der Waals surface area contributed by atoms with Crippen LogP contribution in [0.3, 0.4) is 0 Å². The molecule has 0 fully saturated rings. The van der Waals surface area contributed by atoms with E-state index in [2.05, 4.69) is 25.3 Å². The van der Waals surface area contributed by atoms with Crippen molar-refractivity contribution in [1.29, 1.82) is 0 Å². The highest BCUT2D eigenvalue weighted by Gasteiger charge is 2.15. The SMILES string of the molecule is COC(=O)c1cncc(NCCCNC(=O)OC(C)(C)C)n1. The maximum atomic E-state index is 11.4. The van der Waals surface area contributed by atoms with Gasteiger partial charge in [0.1, 0.15) is 11.4 Å². The Labute approximate surface area is 129 Å². The van der Waals surface area contributed by atoms with Crippen LogP contribution in [0.15, 0.2) is 12.4 Å². The number of amides is 1. The summed E-state index contributed by atoms with van der Waals surface area (Å²) in [7, 11) is 1.28. The van der Waals surface area contributed by atoms with E-state index in [1.807, 2.05) is 0 Å². The van der Waals surface area contributed by atoms with E-state index < -0.39 is 17.7 Å². The number of nitrogens with zero attached hydrogens (tertiary/aromatic N) is 2. The number of hydrogen-bond donors (Lipinski definition) is 2. The number of carbonyl (C=O) groups excluding carboxylic acids is 2. The Balaban J connectivity index is 2.28. The Kier molecular flexibility index (Phi) is 6.55. The molecule has 1 aromatic rings. The average molecular weight is 310 g/mol. The zero-order chi connectivity index (χ0) is 16.6. The average Bonchev–Trinajstić information content (AvgIpc) is 2.44. The second-order valence-electron chi connectivity index (χ2n) is 5.49. The van der Waals surface area contributed by atoms with Crippen molar-refractivity contribution in [3.8, 4) is 0 Å². The molecular weight excluding hydrogens is 288 g/mol. The summed E-state index contributed by atoms with van der Waals surface area (Å²) in [5, 5.41) is 5.67. The summed E-state index contributed by atoms with van der Waals surface area (Å²) in [4.78, 5) is 30.7. The second-order valence-corrected chi connectivity index (χ2v) is 5.49. The predicted octanol–water partition coefficient (Wildman–Crippen LogP) is 1.59. The minimum atomic E-state index is -0.539.